The number of ether oxygens (including phenoxy) is 2. The maximum absolute atomic E-state index is 11.7. The maximum Gasteiger partial charge on any atom is 0.227 e. The third-order valence-electron chi connectivity index (χ3n) is 2.49. The van der Waals surface area contributed by atoms with E-state index in [2.05, 4.69) is 5.32 Å². The van der Waals surface area contributed by atoms with Crippen LogP contribution in [-0.2, 0) is 9.53 Å². The third-order valence-corrected chi connectivity index (χ3v) is 2.49. The van der Waals surface area contributed by atoms with E-state index in [9.17, 15) is 9.90 Å². The quantitative estimate of drug-likeness (QED) is 0.650. The van der Waals surface area contributed by atoms with Crippen molar-refractivity contribution in [1.29, 1.82) is 0 Å². The molecular formula is C12H18N2O4. The molecule has 0 fully saturated rings. The highest BCUT2D eigenvalue weighted by Crippen LogP contribution is 2.27. The topological polar surface area (TPSA) is 93.8 Å². The lowest BCUT2D eigenvalue weighted by atomic mass is 10.2. The molecule has 4 N–H and O–H groups in total. The fourth-order valence-corrected chi connectivity index (χ4v) is 1.42. The Hall–Kier alpha value is -1.79. The summed E-state index contributed by atoms with van der Waals surface area (Å²) in [6.45, 7) is 0.262. The van der Waals surface area contributed by atoms with Crippen molar-refractivity contribution in [3.8, 4) is 11.5 Å². The molecule has 1 atom stereocenters. The van der Waals surface area contributed by atoms with E-state index in [1.807, 2.05) is 0 Å². The van der Waals surface area contributed by atoms with Crippen LogP contribution in [0.1, 0.15) is 6.42 Å². The van der Waals surface area contributed by atoms with Crippen molar-refractivity contribution in [1.82, 2.24) is 0 Å². The third kappa shape index (κ3) is 3.90. The highest BCUT2D eigenvalue weighted by atomic mass is 16.5. The Bertz CT molecular complexity index is 405. The summed E-state index contributed by atoms with van der Waals surface area (Å²) >= 11 is 0. The van der Waals surface area contributed by atoms with Crippen molar-refractivity contribution in [2.75, 3.05) is 26.1 Å². The number of hydrogen-bond donors (Lipinski definition) is 3. The summed E-state index contributed by atoms with van der Waals surface area (Å²) in [5.74, 6) is 0.194. The highest BCUT2D eigenvalue weighted by molar-refractivity contribution is 5.92. The summed E-state index contributed by atoms with van der Waals surface area (Å²) in [7, 11) is 2.99. The van der Waals surface area contributed by atoms with Crippen LogP contribution in [0.4, 0.5) is 5.69 Å². The standard InChI is InChI=1S/C12H18N2O4/c1-17-8-3-4-10(11(15)5-8)14-12(16)6-9(7-13)18-2/h3-5,9,15H,6-7,13H2,1-2H3,(H,14,16). The van der Waals surface area contributed by atoms with Crippen LogP contribution in [0, 0.1) is 0 Å². The Morgan fingerprint density at radius 3 is 2.72 bits per heavy atom. The van der Waals surface area contributed by atoms with Gasteiger partial charge in [-0.15, -0.1) is 0 Å². The lowest BCUT2D eigenvalue weighted by molar-refractivity contribution is -0.118. The van der Waals surface area contributed by atoms with E-state index >= 15 is 0 Å². The molecule has 0 saturated heterocycles. The van der Waals surface area contributed by atoms with Gasteiger partial charge in [0.05, 0.1) is 25.3 Å². The highest BCUT2D eigenvalue weighted by Gasteiger charge is 2.13. The molecule has 0 radical (unpaired) electrons. The number of benzene rings is 1. The molecule has 1 unspecified atom stereocenters. The summed E-state index contributed by atoms with van der Waals surface area (Å²) in [6, 6.07) is 4.63. The van der Waals surface area contributed by atoms with Gasteiger partial charge in [0, 0.05) is 19.7 Å². The Balaban J connectivity index is 2.64. The molecule has 0 aliphatic heterocycles. The van der Waals surface area contributed by atoms with Crippen LogP contribution in [-0.4, -0.2) is 37.9 Å². The first-order valence-electron chi connectivity index (χ1n) is 5.50. The van der Waals surface area contributed by atoms with Crippen LogP contribution in [0.3, 0.4) is 0 Å². The van der Waals surface area contributed by atoms with Crippen LogP contribution in [0.2, 0.25) is 0 Å². The van der Waals surface area contributed by atoms with Crippen molar-refractivity contribution in [3.63, 3.8) is 0 Å². The molecule has 0 aliphatic rings. The number of anilines is 1. The van der Waals surface area contributed by atoms with Gasteiger partial charge in [-0.25, -0.2) is 0 Å². The molecule has 0 spiro atoms. The minimum Gasteiger partial charge on any atom is -0.506 e. The normalized spacial score (nSPS) is 11.9. The molecule has 100 valence electrons. The van der Waals surface area contributed by atoms with Crippen molar-refractivity contribution in [3.05, 3.63) is 18.2 Å². The van der Waals surface area contributed by atoms with Crippen molar-refractivity contribution in [2.45, 2.75) is 12.5 Å². The largest absolute Gasteiger partial charge is 0.506 e. The Morgan fingerprint density at radius 2 is 2.22 bits per heavy atom. The van der Waals surface area contributed by atoms with Gasteiger partial charge in [-0.1, -0.05) is 0 Å². The number of phenols is 1. The molecule has 0 aromatic heterocycles. The predicted molar refractivity (Wildman–Crippen MR) is 67.8 cm³/mol. The number of rotatable bonds is 6. The molecule has 6 nitrogen and oxygen atoms in total. The predicted octanol–water partition coefficient (Wildman–Crippen LogP) is 0.703. The van der Waals surface area contributed by atoms with Gasteiger partial charge in [-0.3, -0.25) is 4.79 Å². The van der Waals surface area contributed by atoms with Gasteiger partial charge in [0.2, 0.25) is 5.91 Å². The first-order valence-corrected chi connectivity index (χ1v) is 5.50. The first kappa shape index (κ1) is 14.3. The molecule has 1 rings (SSSR count). The van der Waals surface area contributed by atoms with E-state index in [1.54, 1.807) is 12.1 Å². The Morgan fingerprint density at radius 1 is 1.50 bits per heavy atom. The van der Waals surface area contributed by atoms with Gasteiger partial charge in [0.15, 0.2) is 0 Å². The van der Waals surface area contributed by atoms with Crippen LogP contribution in [0.25, 0.3) is 0 Å². The van der Waals surface area contributed by atoms with Crippen LogP contribution in [0.5, 0.6) is 11.5 Å². The molecule has 0 bridgehead atoms. The monoisotopic (exact) mass is 254 g/mol. The average Bonchev–Trinajstić information content (AvgIpc) is 2.38. The molecule has 18 heavy (non-hydrogen) atoms. The summed E-state index contributed by atoms with van der Waals surface area (Å²) < 4.78 is 9.95. The summed E-state index contributed by atoms with van der Waals surface area (Å²) in [5.41, 5.74) is 5.75. The number of carbonyl (C=O) groups is 1. The second kappa shape index (κ2) is 6.83. The smallest absolute Gasteiger partial charge is 0.227 e. The van der Waals surface area contributed by atoms with E-state index in [1.165, 1.54) is 20.3 Å². The number of aromatic hydroxyl groups is 1. The van der Waals surface area contributed by atoms with Crippen molar-refractivity contribution in [2.24, 2.45) is 5.73 Å². The van der Waals surface area contributed by atoms with E-state index in [0.717, 1.165) is 0 Å². The zero-order chi connectivity index (χ0) is 13.5. The van der Waals surface area contributed by atoms with Crippen molar-refractivity contribution < 1.29 is 19.4 Å². The van der Waals surface area contributed by atoms with Gasteiger partial charge < -0.3 is 25.6 Å². The number of nitrogens with one attached hydrogen (secondary N) is 1. The second-order valence-corrected chi connectivity index (χ2v) is 3.73. The number of phenolic OH excluding ortho intramolecular Hbond substituents is 1. The van der Waals surface area contributed by atoms with Gasteiger partial charge in [0.1, 0.15) is 11.5 Å². The minimum absolute atomic E-state index is 0.0515. The van der Waals surface area contributed by atoms with Crippen LogP contribution < -0.4 is 15.8 Å². The van der Waals surface area contributed by atoms with E-state index in [-0.39, 0.29) is 30.7 Å². The van der Waals surface area contributed by atoms with E-state index in [0.29, 0.717) is 11.4 Å². The van der Waals surface area contributed by atoms with Gasteiger partial charge in [0.25, 0.3) is 0 Å². The molecule has 6 heteroatoms. The molecular weight excluding hydrogens is 236 g/mol. The summed E-state index contributed by atoms with van der Waals surface area (Å²) in [4.78, 5) is 11.7. The SMILES string of the molecule is COc1ccc(NC(=O)CC(CN)OC)c(O)c1. The number of nitrogens with two attached hydrogens (primary N) is 1. The number of methoxy groups -OCH3 is 2. The number of carbonyl (C=O) groups excluding carboxylic acids is 1. The Kier molecular flexibility index (Phi) is 5.41. The molecule has 1 amide bonds. The molecule has 0 aliphatic carbocycles. The van der Waals surface area contributed by atoms with Gasteiger partial charge in [-0.05, 0) is 12.1 Å². The zero-order valence-corrected chi connectivity index (χ0v) is 10.5. The van der Waals surface area contributed by atoms with Crippen LogP contribution in [0.15, 0.2) is 18.2 Å². The zero-order valence-electron chi connectivity index (χ0n) is 10.5. The van der Waals surface area contributed by atoms with E-state index in [4.69, 9.17) is 15.2 Å². The summed E-state index contributed by atoms with van der Waals surface area (Å²) in [6.07, 6.45) is -0.191. The Labute approximate surface area is 106 Å². The second-order valence-electron chi connectivity index (χ2n) is 3.73. The molecule has 0 heterocycles. The average molecular weight is 254 g/mol. The fraction of sp³-hybridized carbons (Fsp3) is 0.417. The minimum atomic E-state index is -0.328. The fourth-order valence-electron chi connectivity index (χ4n) is 1.42. The molecule has 1 aromatic rings. The maximum atomic E-state index is 11.7. The molecule has 1 aromatic carbocycles. The van der Waals surface area contributed by atoms with Crippen molar-refractivity contribution >= 4 is 11.6 Å². The first-order chi connectivity index (χ1) is 8.60. The van der Waals surface area contributed by atoms with Gasteiger partial charge in [-0.2, -0.15) is 0 Å². The molecule has 0 saturated carbocycles. The number of amides is 1. The number of hydrogen-bond acceptors (Lipinski definition) is 5. The van der Waals surface area contributed by atoms with Gasteiger partial charge >= 0.3 is 0 Å². The lowest BCUT2D eigenvalue weighted by Crippen LogP contribution is -2.28. The van der Waals surface area contributed by atoms with E-state index < -0.39 is 0 Å². The lowest BCUT2D eigenvalue weighted by Gasteiger charge is -2.13. The van der Waals surface area contributed by atoms with Crippen LogP contribution >= 0.6 is 0 Å². The summed E-state index contributed by atoms with van der Waals surface area (Å²) in [5, 5.41) is 12.2.